The Kier molecular flexibility index (Phi) is 6.47. The lowest BCUT2D eigenvalue weighted by molar-refractivity contribution is 0.0543. The topological polar surface area (TPSA) is 0 Å². The Balaban J connectivity index is 2.08. The van der Waals surface area contributed by atoms with Gasteiger partial charge in [0.25, 0.3) is 0 Å². The van der Waals surface area contributed by atoms with Crippen molar-refractivity contribution in [1.29, 1.82) is 0 Å². The average molecular weight is 509 g/mol. The molecule has 3 aliphatic carbocycles. The average Bonchev–Trinajstić information content (AvgIpc) is 2.74. The van der Waals surface area contributed by atoms with E-state index >= 15 is 0 Å². The van der Waals surface area contributed by atoms with Crippen LogP contribution in [0.2, 0.25) is 0 Å². The first-order valence-electron chi connectivity index (χ1n) is 14.5. The summed E-state index contributed by atoms with van der Waals surface area (Å²) in [7, 11) is 0. The summed E-state index contributed by atoms with van der Waals surface area (Å²) < 4.78 is 0. The highest BCUT2D eigenvalue weighted by molar-refractivity contribution is 5.88. The van der Waals surface area contributed by atoms with E-state index in [0.29, 0.717) is 5.92 Å². The lowest BCUT2D eigenvalue weighted by Crippen LogP contribution is -2.52. The Morgan fingerprint density at radius 3 is 2.05 bits per heavy atom. The fourth-order valence-electron chi connectivity index (χ4n) is 9.06. The van der Waals surface area contributed by atoms with E-state index < -0.39 is 0 Å². The minimum atomic E-state index is -0.126. The van der Waals surface area contributed by atoms with Crippen LogP contribution in [0.3, 0.4) is 0 Å². The van der Waals surface area contributed by atoms with Gasteiger partial charge in [0.15, 0.2) is 0 Å². The van der Waals surface area contributed by atoms with Crippen LogP contribution in [0, 0.1) is 23.2 Å². The highest BCUT2D eigenvalue weighted by Gasteiger charge is 2.60. The minimum Gasteiger partial charge on any atom is -0.0995 e. The Labute approximate surface area is 234 Å². The van der Waals surface area contributed by atoms with Crippen LogP contribution in [-0.2, 0) is 11.8 Å². The number of allylic oxidation sites excluding steroid dienone is 8. The fraction of sp³-hybridized carbons (Fsp3) is 0.526. The molecule has 3 aliphatic rings. The van der Waals surface area contributed by atoms with Crippen molar-refractivity contribution < 1.29 is 0 Å². The number of benzene rings is 1. The smallest absolute Gasteiger partial charge is 0.0194 e. The molecule has 0 saturated carbocycles. The molecule has 0 radical (unpaired) electrons. The van der Waals surface area contributed by atoms with E-state index in [2.05, 4.69) is 102 Å². The molecule has 4 atom stereocenters. The van der Waals surface area contributed by atoms with Gasteiger partial charge in [-0.2, -0.15) is 0 Å². The van der Waals surface area contributed by atoms with Crippen molar-refractivity contribution in [1.82, 2.24) is 0 Å². The van der Waals surface area contributed by atoms with Gasteiger partial charge in [-0.3, -0.25) is 0 Å². The Morgan fingerprint density at radius 2 is 1.55 bits per heavy atom. The van der Waals surface area contributed by atoms with Crippen LogP contribution < -0.4 is 0 Å². The van der Waals surface area contributed by atoms with E-state index in [1.165, 1.54) is 66.8 Å². The van der Waals surface area contributed by atoms with Gasteiger partial charge >= 0.3 is 0 Å². The molecule has 0 nitrogen and oxygen atoms in total. The molecule has 1 aromatic carbocycles. The molecule has 0 heterocycles. The van der Waals surface area contributed by atoms with E-state index in [9.17, 15) is 0 Å². The lowest BCUT2D eigenvalue weighted by Gasteiger charge is -2.62. The van der Waals surface area contributed by atoms with E-state index in [4.69, 9.17) is 13.2 Å². The van der Waals surface area contributed by atoms with Crippen LogP contribution in [0.4, 0.5) is 0 Å². The van der Waals surface area contributed by atoms with Crippen molar-refractivity contribution in [2.75, 3.05) is 0 Å². The minimum absolute atomic E-state index is 0.0307. The molecule has 0 fully saturated rings. The van der Waals surface area contributed by atoms with Gasteiger partial charge in [0, 0.05) is 11.3 Å². The van der Waals surface area contributed by atoms with E-state index in [1.807, 2.05) is 0 Å². The van der Waals surface area contributed by atoms with Crippen molar-refractivity contribution in [3.05, 3.63) is 99.2 Å². The quantitative estimate of drug-likeness (QED) is 0.356. The maximum Gasteiger partial charge on any atom is 0.0194 e. The summed E-state index contributed by atoms with van der Waals surface area (Å²) in [5.41, 5.74) is 17.8. The van der Waals surface area contributed by atoms with Crippen LogP contribution in [0.5, 0.6) is 0 Å². The molecule has 0 spiro atoms. The normalized spacial score (nSPS) is 30.1. The third-order valence-corrected chi connectivity index (χ3v) is 11.0. The molecule has 4 rings (SSSR count). The van der Waals surface area contributed by atoms with Gasteiger partial charge in [-0.1, -0.05) is 103 Å². The zero-order chi connectivity index (χ0) is 28.9. The number of rotatable bonds is 3. The monoisotopic (exact) mass is 508 g/mol. The SMILES string of the molecule is C=C(C)C1=C(C)C[C@@]2(C)C[C@@]3(C)Cc4c(C(C)C(=C)C)cc(C(C)(C)C)c(C)c4C(=C)C3=C(C)[C@@]2(C)C1=C. The summed E-state index contributed by atoms with van der Waals surface area (Å²) >= 11 is 0. The van der Waals surface area contributed by atoms with Crippen LogP contribution >= 0.6 is 0 Å². The zero-order valence-electron chi connectivity index (χ0n) is 26.6. The van der Waals surface area contributed by atoms with Crippen molar-refractivity contribution in [2.24, 2.45) is 16.2 Å². The molecule has 0 amide bonds. The fourth-order valence-corrected chi connectivity index (χ4v) is 9.06. The van der Waals surface area contributed by atoms with Crippen LogP contribution in [0.15, 0.2) is 71.4 Å². The Hall–Kier alpha value is -2.34. The summed E-state index contributed by atoms with van der Waals surface area (Å²) in [6, 6.07) is 2.51. The van der Waals surface area contributed by atoms with E-state index in [-0.39, 0.29) is 21.7 Å². The second-order valence-corrected chi connectivity index (χ2v) is 15.0. The Bertz CT molecular complexity index is 1380. The molecular formula is C38H52. The van der Waals surface area contributed by atoms with Gasteiger partial charge in [-0.15, -0.1) is 0 Å². The molecule has 0 bridgehead atoms. The molecule has 204 valence electrons. The predicted octanol–water partition coefficient (Wildman–Crippen LogP) is 11.1. The van der Waals surface area contributed by atoms with Crippen LogP contribution in [0.25, 0.3) is 5.57 Å². The predicted molar refractivity (Wildman–Crippen MR) is 169 cm³/mol. The first-order chi connectivity index (χ1) is 17.2. The maximum atomic E-state index is 4.91. The maximum absolute atomic E-state index is 4.91. The van der Waals surface area contributed by atoms with Crippen LogP contribution in [-0.4, -0.2) is 0 Å². The first-order valence-corrected chi connectivity index (χ1v) is 14.5. The van der Waals surface area contributed by atoms with Crippen molar-refractivity contribution in [3.63, 3.8) is 0 Å². The largest absolute Gasteiger partial charge is 0.0995 e. The summed E-state index contributed by atoms with van der Waals surface area (Å²) in [6.45, 7) is 46.6. The molecule has 0 aliphatic heterocycles. The van der Waals surface area contributed by atoms with Gasteiger partial charge in [0.1, 0.15) is 0 Å². The zero-order valence-corrected chi connectivity index (χ0v) is 26.6. The van der Waals surface area contributed by atoms with Crippen LogP contribution in [0.1, 0.15) is 123 Å². The molecule has 0 aromatic heterocycles. The summed E-state index contributed by atoms with van der Waals surface area (Å²) in [4.78, 5) is 0. The van der Waals surface area contributed by atoms with E-state index in [0.717, 1.165) is 24.8 Å². The number of hydrogen-bond donors (Lipinski definition) is 0. The number of hydrogen-bond acceptors (Lipinski definition) is 0. The van der Waals surface area contributed by atoms with Gasteiger partial charge in [-0.05, 0) is 120 Å². The molecule has 1 aromatic rings. The highest BCUT2D eigenvalue weighted by atomic mass is 14.6. The molecule has 0 saturated heterocycles. The van der Waals surface area contributed by atoms with E-state index in [1.54, 1.807) is 0 Å². The second-order valence-electron chi connectivity index (χ2n) is 15.0. The van der Waals surface area contributed by atoms with Crippen molar-refractivity contribution >= 4 is 5.57 Å². The van der Waals surface area contributed by atoms with Gasteiger partial charge < -0.3 is 0 Å². The standard InChI is InChI=1S/C38H52/c1-21(2)24(6)29-17-31(35(11,12)13)25(7)33-26(8)34-28(10)38(16)27(9)32(22(3)4)23(5)18-37(38,15)20-36(34,14)19-30(29)33/h17,24H,1,3,8-9,18-20H2,2,4-7,10-16H3/t24?,36-,37+,38-/m1/s1. The third-order valence-electron chi connectivity index (χ3n) is 11.0. The lowest BCUT2D eigenvalue weighted by atomic mass is 9.41. The first kappa shape index (κ1) is 28.7. The summed E-state index contributed by atoms with van der Waals surface area (Å²) in [5, 5.41) is 0. The van der Waals surface area contributed by atoms with Gasteiger partial charge in [-0.25, -0.2) is 0 Å². The Morgan fingerprint density at radius 1 is 0.974 bits per heavy atom. The second kappa shape index (κ2) is 8.58. The van der Waals surface area contributed by atoms with Crippen molar-refractivity contribution in [2.45, 2.75) is 114 Å². The molecule has 0 N–H and O–H groups in total. The van der Waals surface area contributed by atoms with Gasteiger partial charge in [0.05, 0.1) is 0 Å². The van der Waals surface area contributed by atoms with Crippen molar-refractivity contribution in [3.8, 4) is 0 Å². The summed E-state index contributed by atoms with van der Waals surface area (Å²) in [6.07, 6.45) is 3.27. The molecule has 38 heavy (non-hydrogen) atoms. The molecule has 1 unspecified atom stereocenters. The highest BCUT2D eigenvalue weighted by Crippen LogP contribution is 2.70. The van der Waals surface area contributed by atoms with Gasteiger partial charge in [0.2, 0.25) is 0 Å². The summed E-state index contributed by atoms with van der Waals surface area (Å²) in [5.74, 6) is 0.315. The molecular weight excluding hydrogens is 456 g/mol. The number of fused-ring (bicyclic) bond motifs is 3. The third kappa shape index (κ3) is 3.69. The molecule has 0 heteroatoms.